The van der Waals surface area contributed by atoms with Crippen molar-refractivity contribution in [2.45, 2.75) is 26.2 Å². The molecule has 0 heterocycles. The number of hydrogen-bond acceptors (Lipinski definition) is 3. The highest BCUT2D eigenvalue weighted by Crippen LogP contribution is 2.62. The minimum Gasteiger partial charge on any atom is -0.466 e. The van der Waals surface area contributed by atoms with Crippen molar-refractivity contribution in [3.63, 3.8) is 0 Å². The first-order valence-electron chi connectivity index (χ1n) is 6.44. The highest BCUT2D eigenvalue weighted by molar-refractivity contribution is 5.96. The molecule has 0 spiro atoms. The Bertz CT molecular complexity index is 533. The van der Waals surface area contributed by atoms with Crippen molar-refractivity contribution in [1.82, 2.24) is 0 Å². The molecule has 18 heavy (non-hydrogen) atoms. The van der Waals surface area contributed by atoms with Gasteiger partial charge in [0, 0.05) is 11.5 Å². The molecule has 1 saturated carbocycles. The van der Waals surface area contributed by atoms with E-state index in [0.29, 0.717) is 18.4 Å². The molecule has 0 aromatic heterocycles. The van der Waals surface area contributed by atoms with E-state index >= 15 is 0 Å². The summed E-state index contributed by atoms with van der Waals surface area (Å²) in [5.41, 5.74) is 3.16. The van der Waals surface area contributed by atoms with Gasteiger partial charge in [-0.3, -0.25) is 9.59 Å². The van der Waals surface area contributed by atoms with E-state index in [2.05, 4.69) is 0 Å². The molecule has 0 N–H and O–H groups in total. The number of esters is 1. The van der Waals surface area contributed by atoms with Crippen LogP contribution >= 0.6 is 0 Å². The Morgan fingerprint density at radius 1 is 1.39 bits per heavy atom. The number of hydrogen-bond donors (Lipinski definition) is 0. The van der Waals surface area contributed by atoms with Crippen molar-refractivity contribution in [1.29, 1.82) is 0 Å². The van der Waals surface area contributed by atoms with Gasteiger partial charge < -0.3 is 4.74 Å². The van der Waals surface area contributed by atoms with Crippen molar-refractivity contribution in [2.24, 2.45) is 11.8 Å². The highest BCUT2D eigenvalue weighted by Gasteiger charge is 2.60. The summed E-state index contributed by atoms with van der Waals surface area (Å²) >= 11 is 0. The lowest BCUT2D eigenvalue weighted by atomic mass is 9.95. The Labute approximate surface area is 106 Å². The number of rotatable bonds is 3. The Hall–Kier alpha value is -1.64. The normalized spacial score (nSPS) is 27.3. The van der Waals surface area contributed by atoms with Gasteiger partial charge in [0.15, 0.2) is 5.78 Å². The molecule has 1 fully saturated rings. The first-order valence-corrected chi connectivity index (χ1v) is 6.44. The van der Waals surface area contributed by atoms with Crippen molar-refractivity contribution >= 4 is 11.8 Å². The number of carbonyl (C=O) groups is 2. The fourth-order valence-corrected chi connectivity index (χ4v) is 3.32. The van der Waals surface area contributed by atoms with Crippen LogP contribution in [0, 0.1) is 11.8 Å². The zero-order valence-corrected chi connectivity index (χ0v) is 10.6. The fraction of sp³-hybridized carbons (Fsp3) is 0.467. The second-order valence-electron chi connectivity index (χ2n) is 5.10. The average Bonchev–Trinajstić information content (AvgIpc) is 2.92. The standard InChI is InChI=1S/C15H16O3/c1-3-18-15(17)14-12-7-11-9(8(2)16)5-4-6-10(11)13(12)14/h4-6,12-14H,3,7H2,1-2H3/t12-,13+,14+/m1/s1. The number of benzene rings is 1. The molecule has 0 radical (unpaired) electrons. The molecular weight excluding hydrogens is 228 g/mol. The monoisotopic (exact) mass is 244 g/mol. The van der Waals surface area contributed by atoms with Gasteiger partial charge in [-0.1, -0.05) is 18.2 Å². The van der Waals surface area contributed by atoms with Gasteiger partial charge in [0.1, 0.15) is 0 Å². The van der Waals surface area contributed by atoms with E-state index in [0.717, 1.165) is 17.5 Å². The van der Waals surface area contributed by atoms with Gasteiger partial charge in [-0.25, -0.2) is 0 Å². The summed E-state index contributed by atoms with van der Waals surface area (Å²) in [6.45, 7) is 3.87. The fourth-order valence-electron chi connectivity index (χ4n) is 3.32. The molecule has 0 bridgehead atoms. The van der Waals surface area contributed by atoms with Gasteiger partial charge in [-0.05, 0) is 37.3 Å². The van der Waals surface area contributed by atoms with Crippen LogP contribution in [0.4, 0.5) is 0 Å². The smallest absolute Gasteiger partial charge is 0.309 e. The van der Waals surface area contributed by atoms with E-state index in [1.165, 1.54) is 5.56 Å². The van der Waals surface area contributed by atoms with Crippen molar-refractivity contribution in [3.05, 3.63) is 34.9 Å². The number of carbonyl (C=O) groups excluding carboxylic acids is 2. The zero-order chi connectivity index (χ0) is 12.9. The molecule has 0 saturated heterocycles. The lowest BCUT2D eigenvalue weighted by molar-refractivity contribution is -0.145. The van der Waals surface area contributed by atoms with Crippen LogP contribution < -0.4 is 0 Å². The van der Waals surface area contributed by atoms with Crippen molar-refractivity contribution in [2.75, 3.05) is 6.61 Å². The first kappa shape index (κ1) is 11.5. The summed E-state index contributed by atoms with van der Waals surface area (Å²) in [5.74, 6) is 0.713. The maximum absolute atomic E-state index is 11.8. The average molecular weight is 244 g/mol. The molecule has 2 aliphatic rings. The van der Waals surface area contributed by atoms with E-state index in [4.69, 9.17) is 4.74 Å². The second kappa shape index (κ2) is 3.94. The number of ketones is 1. The summed E-state index contributed by atoms with van der Waals surface area (Å²) in [5, 5.41) is 0. The van der Waals surface area contributed by atoms with Gasteiger partial charge in [0.25, 0.3) is 0 Å². The summed E-state index contributed by atoms with van der Waals surface area (Å²) in [7, 11) is 0. The number of Topliss-reactive ketones (excluding diaryl/α,β-unsaturated/α-hetero) is 1. The van der Waals surface area contributed by atoms with Crippen LogP contribution in [0.3, 0.4) is 0 Å². The van der Waals surface area contributed by atoms with E-state index in [9.17, 15) is 9.59 Å². The third-order valence-corrected chi connectivity index (χ3v) is 4.12. The van der Waals surface area contributed by atoms with Crippen LogP contribution in [-0.2, 0) is 16.0 Å². The molecule has 1 aromatic carbocycles. The maximum atomic E-state index is 11.8. The summed E-state index contributed by atoms with van der Waals surface area (Å²) in [6.07, 6.45) is 0.846. The molecule has 3 rings (SSSR count). The largest absolute Gasteiger partial charge is 0.466 e. The lowest BCUT2D eigenvalue weighted by Gasteiger charge is -2.10. The molecule has 3 nitrogen and oxygen atoms in total. The summed E-state index contributed by atoms with van der Waals surface area (Å²) in [4.78, 5) is 23.3. The lowest BCUT2D eigenvalue weighted by Crippen LogP contribution is -2.12. The highest BCUT2D eigenvalue weighted by atomic mass is 16.5. The Balaban J connectivity index is 1.89. The topological polar surface area (TPSA) is 43.4 Å². The van der Waals surface area contributed by atoms with Crippen LogP contribution in [0.25, 0.3) is 0 Å². The minimum atomic E-state index is -0.0774. The van der Waals surface area contributed by atoms with Gasteiger partial charge >= 0.3 is 5.97 Å². The van der Waals surface area contributed by atoms with E-state index in [1.807, 2.05) is 25.1 Å². The van der Waals surface area contributed by atoms with Crippen molar-refractivity contribution in [3.8, 4) is 0 Å². The van der Waals surface area contributed by atoms with Gasteiger partial charge in [0.05, 0.1) is 12.5 Å². The van der Waals surface area contributed by atoms with Crippen LogP contribution in [0.2, 0.25) is 0 Å². The van der Waals surface area contributed by atoms with Crippen LogP contribution in [0.15, 0.2) is 18.2 Å². The van der Waals surface area contributed by atoms with Crippen LogP contribution in [0.5, 0.6) is 0 Å². The van der Waals surface area contributed by atoms with Gasteiger partial charge in [-0.15, -0.1) is 0 Å². The second-order valence-corrected chi connectivity index (χ2v) is 5.10. The molecular formula is C15H16O3. The predicted octanol–water partition coefficient (Wildman–Crippen LogP) is 2.34. The Morgan fingerprint density at radius 3 is 2.83 bits per heavy atom. The molecule has 0 aliphatic heterocycles. The Morgan fingerprint density at radius 2 is 2.17 bits per heavy atom. The number of fused-ring (bicyclic) bond motifs is 3. The SMILES string of the molecule is CCOC(=O)[C@H]1[C@@H]2Cc3c(C(C)=O)cccc3[C@@H]21. The van der Waals surface area contributed by atoms with Gasteiger partial charge in [0.2, 0.25) is 0 Å². The van der Waals surface area contributed by atoms with Crippen LogP contribution in [0.1, 0.15) is 41.3 Å². The quantitative estimate of drug-likeness (QED) is 0.605. The number of ether oxygens (including phenoxy) is 1. The predicted molar refractivity (Wildman–Crippen MR) is 66.5 cm³/mol. The van der Waals surface area contributed by atoms with Crippen molar-refractivity contribution < 1.29 is 14.3 Å². The molecule has 94 valence electrons. The molecule has 0 unspecified atom stereocenters. The van der Waals surface area contributed by atoms with E-state index in [1.54, 1.807) is 6.92 Å². The van der Waals surface area contributed by atoms with E-state index in [-0.39, 0.29) is 17.7 Å². The first-order chi connectivity index (χ1) is 8.65. The van der Waals surface area contributed by atoms with Crippen LogP contribution in [-0.4, -0.2) is 18.4 Å². The molecule has 0 amide bonds. The summed E-state index contributed by atoms with van der Waals surface area (Å²) < 4.78 is 5.09. The van der Waals surface area contributed by atoms with E-state index < -0.39 is 0 Å². The molecule has 3 atom stereocenters. The molecule has 3 heteroatoms. The zero-order valence-electron chi connectivity index (χ0n) is 10.6. The summed E-state index contributed by atoms with van der Waals surface area (Å²) in [6, 6.07) is 5.84. The van der Waals surface area contributed by atoms with Gasteiger partial charge in [-0.2, -0.15) is 0 Å². The third kappa shape index (κ3) is 1.50. The third-order valence-electron chi connectivity index (χ3n) is 4.12. The Kier molecular flexibility index (Phi) is 2.51. The molecule has 1 aromatic rings. The molecule has 2 aliphatic carbocycles. The maximum Gasteiger partial charge on any atom is 0.309 e. The minimum absolute atomic E-state index is 0.0275.